The maximum Gasteiger partial charge on any atom is 0.416 e. The van der Waals surface area contributed by atoms with Gasteiger partial charge in [-0.1, -0.05) is 35.5 Å². The monoisotopic (exact) mass is 451 g/mol. The number of hydrogen-bond acceptors (Lipinski definition) is 5. The lowest BCUT2D eigenvalue weighted by atomic mass is 9.97. The Kier molecular flexibility index (Phi) is 6.86. The zero-order chi connectivity index (χ0) is 23.3. The van der Waals surface area contributed by atoms with E-state index >= 15 is 0 Å². The molecule has 0 spiro atoms. The van der Waals surface area contributed by atoms with Crippen LogP contribution >= 0.6 is 0 Å². The van der Waals surface area contributed by atoms with Gasteiger partial charge in [-0.25, -0.2) is 4.39 Å². The number of nitrogens with zero attached hydrogens (tertiary/aromatic N) is 2. The van der Waals surface area contributed by atoms with Crippen LogP contribution in [0.15, 0.2) is 53.1 Å². The number of rotatable bonds is 8. The van der Waals surface area contributed by atoms with Crippen molar-refractivity contribution in [3.8, 4) is 11.4 Å². The lowest BCUT2D eigenvalue weighted by Crippen LogP contribution is -2.31. The molecule has 0 unspecified atom stereocenters. The van der Waals surface area contributed by atoms with Gasteiger partial charge in [-0.05, 0) is 23.8 Å². The summed E-state index contributed by atoms with van der Waals surface area (Å²) in [5.74, 6) is -2.64. The van der Waals surface area contributed by atoms with Crippen LogP contribution in [0, 0.1) is 5.82 Å². The first-order valence-electron chi connectivity index (χ1n) is 9.40. The lowest BCUT2D eigenvalue weighted by molar-refractivity contribution is -0.141. The van der Waals surface area contributed by atoms with E-state index in [0.717, 1.165) is 12.1 Å². The number of halogens is 4. The summed E-state index contributed by atoms with van der Waals surface area (Å²) in [5, 5.41) is 15.1. The Morgan fingerprint density at radius 2 is 1.78 bits per heavy atom. The maximum atomic E-state index is 13.8. The van der Waals surface area contributed by atoms with E-state index in [9.17, 15) is 27.2 Å². The molecule has 1 amide bonds. The molecular weight excluding hydrogens is 434 g/mol. The number of carboxylic acids is 1. The molecule has 0 fully saturated rings. The summed E-state index contributed by atoms with van der Waals surface area (Å²) >= 11 is 0. The van der Waals surface area contributed by atoms with Gasteiger partial charge in [-0.15, -0.1) is 0 Å². The molecule has 0 aliphatic rings. The molecule has 0 saturated carbocycles. The summed E-state index contributed by atoms with van der Waals surface area (Å²) < 4.78 is 58.7. The van der Waals surface area contributed by atoms with E-state index in [-0.39, 0.29) is 35.7 Å². The van der Waals surface area contributed by atoms with E-state index in [1.165, 1.54) is 30.3 Å². The highest BCUT2D eigenvalue weighted by Gasteiger charge is 2.35. The van der Waals surface area contributed by atoms with Crippen molar-refractivity contribution < 1.29 is 36.8 Å². The van der Waals surface area contributed by atoms with Crippen LogP contribution in [-0.4, -0.2) is 27.1 Å². The number of carbonyl (C=O) groups is 2. The fourth-order valence-corrected chi connectivity index (χ4v) is 3.07. The van der Waals surface area contributed by atoms with Gasteiger partial charge in [-0.3, -0.25) is 9.59 Å². The molecule has 1 atom stereocenters. The Morgan fingerprint density at radius 1 is 1.09 bits per heavy atom. The second-order valence-electron chi connectivity index (χ2n) is 6.79. The molecule has 0 saturated heterocycles. The van der Waals surface area contributed by atoms with Crippen LogP contribution in [0.5, 0.6) is 0 Å². The first kappa shape index (κ1) is 22.9. The minimum absolute atomic E-state index is 0.0126. The van der Waals surface area contributed by atoms with Crippen LogP contribution in [0.25, 0.3) is 11.4 Å². The first-order chi connectivity index (χ1) is 15.1. The molecule has 3 aromatic rings. The standard InChI is InChI=1S/C21H17F4N3O4/c22-15-8-4-2-6-13(15)20-27-18(32-28-20)10-9-17(29)26-16(11-19(30)31)12-5-1-3-7-14(12)21(23,24)25/h1-8,16H,9-11H2,(H,26,29)(H,30,31)/t16-/m0/s1. The normalized spacial score (nSPS) is 12.4. The molecule has 0 aliphatic heterocycles. The number of hydrogen-bond donors (Lipinski definition) is 2. The molecule has 0 radical (unpaired) electrons. The summed E-state index contributed by atoms with van der Waals surface area (Å²) in [6.45, 7) is 0. The summed E-state index contributed by atoms with van der Waals surface area (Å²) in [6.07, 6.45) is -5.79. The Hall–Kier alpha value is -3.76. The molecule has 1 heterocycles. The average Bonchev–Trinajstić information content (AvgIpc) is 3.20. The van der Waals surface area contributed by atoms with Crippen LogP contribution in [0.4, 0.5) is 17.6 Å². The minimum atomic E-state index is -4.72. The van der Waals surface area contributed by atoms with E-state index in [1.54, 1.807) is 6.07 Å². The number of carboxylic acid groups (broad SMARTS) is 1. The van der Waals surface area contributed by atoms with Crippen molar-refractivity contribution in [1.82, 2.24) is 15.5 Å². The van der Waals surface area contributed by atoms with E-state index in [1.807, 2.05) is 0 Å². The third-order valence-corrected chi connectivity index (χ3v) is 4.50. The zero-order valence-corrected chi connectivity index (χ0v) is 16.4. The highest BCUT2D eigenvalue weighted by atomic mass is 19.4. The molecule has 168 valence electrons. The van der Waals surface area contributed by atoms with E-state index in [4.69, 9.17) is 9.63 Å². The van der Waals surface area contributed by atoms with Crippen molar-refractivity contribution in [2.45, 2.75) is 31.5 Å². The molecule has 32 heavy (non-hydrogen) atoms. The van der Waals surface area contributed by atoms with Crippen LogP contribution in [0.2, 0.25) is 0 Å². The second-order valence-corrected chi connectivity index (χ2v) is 6.79. The summed E-state index contributed by atoms with van der Waals surface area (Å²) in [6, 6.07) is 8.80. The minimum Gasteiger partial charge on any atom is -0.481 e. The van der Waals surface area contributed by atoms with E-state index in [2.05, 4.69) is 15.5 Å². The Labute approximate surface area is 179 Å². The van der Waals surface area contributed by atoms with Gasteiger partial charge in [-0.2, -0.15) is 18.2 Å². The third kappa shape index (κ3) is 5.68. The number of aromatic nitrogens is 2. The van der Waals surface area contributed by atoms with Crippen LogP contribution in [0.3, 0.4) is 0 Å². The smallest absolute Gasteiger partial charge is 0.416 e. The lowest BCUT2D eigenvalue weighted by Gasteiger charge is -2.21. The molecule has 11 heteroatoms. The predicted octanol–water partition coefficient (Wildman–Crippen LogP) is 4.16. The Balaban J connectivity index is 1.70. The van der Waals surface area contributed by atoms with Gasteiger partial charge in [0, 0.05) is 12.8 Å². The quantitative estimate of drug-likeness (QED) is 0.499. The van der Waals surface area contributed by atoms with Gasteiger partial charge in [0.1, 0.15) is 5.82 Å². The Morgan fingerprint density at radius 3 is 2.47 bits per heavy atom. The predicted molar refractivity (Wildman–Crippen MR) is 103 cm³/mol. The largest absolute Gasteiger partial charge is 0.481 e. The number of carbonyl (C=O) groups excluding carboxylic acids is 1. The molecule has 0 bridgehead atoms. The SMILES string of the molecule is O=C(O)C[C@H](NC(=O)CCc1nc(-c2ccccc2F)no1)c1ccccc1C(F)(F)F. The van der Waals surface area contributed by atoms with Gasteiger partial charge < -0.3 is 14.9 Å². The third-order valence-electron chi connectivity index (χ3n) is 4.50. The molecule has 3 rings (SSSR count). The van der Waals surface area contributed by atoms with Crippen molar-refractivity contribution in [3.05, 3.63) is 71.4 Å². The highest BCUT2D eigenvalue weighted by Crippen LogP contribution is 2.35. The van der Waals surface area contributed by atoms with Crippen LogP contribution < -0.4 is 5.32 Å². The van der Waals surface area contributed by atoms with Crippen LogP contribution in [0.1, 0.15) is 35.9 Å². The highest BCUT2D eigenvalue weighted by molar-refractivity contribution is 5.78. The van der Waals surface area contributed by atoms with Crippen LogP contribution in [-0.2, 0) is 22.2 Å². The molecule has 2 N–H and O–H groups in total. The molecule has 0 aliphatic carbocycles. The Bertz CT molecular complexity index is 1110. The number of nitrogens with one attached hydrogen (secondary N) is 1. The van der Waals surface area contributed by atoms with E-state index in [0.29, 0.717) is 0 Å². The number of alkyl halides is 3. The van der Waals surface area contributed by atoms with Crippen molar-refractivity contribution in [2.24, 2.45) is 0 Å². The zero-order valence-electron chi connectivity index (χ0n) is 16.4. The van der Waals surface area contributed by atoms with Crippen molar-refractivity contribution >= 4 is 11.9 Å². The van der Waals surface area contributed by atoms with Gasteiger partial charge in [0.05, 0.1) is 23.6 Å². The van der Waals surface area contributed by atoms with E-state index < -0.39 is 41.9 Å². The number of aliphatic carboxylic acids is 1. The maximum absolute atomic E-state index is 13.8. The second kappa shape index (κ2) is 9.58. The number of amides is 1. The number of aryl methyl sites for hydroxylation is 1. The molecule has 7 nitrogen and oxygen atoms in total. The molecule has 1 aromatic heterocycles. The van der Waals surface area contributed by atoms with Crippen molar-refractivity contribution in [1.29, 1.82) is 0 Å². The summed E-state index contributed by atoms with van der Waals surface area (Å²) in [4.78, 5) is 27.5. The average molecular weight is 451 g/mol. The fourth-order valence-electron chi connectivity index (χ4n) is 3.07. The first-order valence-corrected chi connectivity index (χ1v) is 9.40. The molecule has 2 aromatic carbocycles. The van der Waals surface area contributed by atoms with Crippen molar-refractivity contribution in [3.63, 3.8) is 0 Å². The van der Waals surface area contributed by atoms with Gasteiger partial charge in [0.2, 0.25) is 17.6 Å². The number of benzene rings is 2. The summed E-state index contributed by atoms with van der Waals surface area (Å²) in [7, 11) is 0. The van der Waals surface area contributed by atoms with Gasteiger partial charge >= 0.3 is 12.1 Å². The topological polar surface area (TPSA) is 105 Å². The van der Waals surface area contributed by atoms with Crippen molar-refractivity contribution in [2.75, 3.05) is 0 Å². The fraction of sp³-hybridized carbons (Fsp3) is 0.238. The van der Waals surface area contributed by atoms with Gasteiger partial charge in [0.25, 0.3) is 0 Å². The molecular formula is C21H17F4N3O4. The van der Waals surface area contributed by atoms with Gasteiger partial charge in [0.15, 0.2) is 0 Å². The summed E-state index contributed by atoms with van der Waals surface area (Å²) in [5.41, 5.74) is -1.27.